The summed E-state index contributed by atoms with van der Waals surface area (Å²) in [6.45, 7) is 0. The van der Waals surface area contributed by atoms with Crippen molar-refractivity contribution in [3.63, 3.8) is 0 Å². The Morgan fingerprint density at radius 2 is 1.38 bits per heavy atom. The molecule has 2 rings (SSSR count). The minimum atomic E-state index is -0.953. The minimum absolute atomic E-state index is 0.0616. The largest absolute Gasteiger partial charge is 0.465 e. The molecule has 2 aliphatic rings. The molecular formula is C11H18N2O3. The number of carbonyl (C=O) groups is 2. The average molecular weight is 226 g/mol. The maximum atomic E-state index is 11.5. The second kappa shape index (κ2) is 4.72. The van der Waals surface area contributed by atoms with E-state index >= 15 is 0 Å². The van der Waals surface area contributed by atoms with Crippen LogP contribution in [0.5, 0.6) is 0 Å². The molecule has 0 spiro atoms. The normalized spacial score (nSPS) is 29.5. The van der Waals surface area contributed by atoms with E-state index in [4.69, 9.17) is 5.11 Å². The third kappa shape index (κ3) is 3.12. The van der Waals surface area contributed by atoms with Crippen molar-refractivity contribution in [2.24, 2.45) is 5.92 Å². The smallest absolute Gasteiger partial charge is 0.404 e. The fourth-order valence-corrected chi connectivity index (χ4v) is 2.22. The number of carboxylic acid groups (broad SMARTS) is 1. The molecule has 0 atom stereocenters. The molecule has 0 bridgehead atoms. The van der Waals surface area contributed by atoms with Gasteiger partial charge in [-0.15, -0.1) is 0 Å². The van der Waals surface area contributed by atoms with E-state index in [0.717, 1.165) is 38.5 Å². The van der Waals surface area contributed by atoms with Crippen molar-refractivity contribution in [3.8, 4) is 0 Å². The van der Waals surface area contributed by atoms with Gasteiger partial charge in [-0.05, 0) is 38.5 Å². The Bertz CT molecular complexity index is 281. The molecule has 0 aromatic rings. The van der Waals surface area contributed by atoms with Gasteiger partial charge in [0.05, 0.1) is 0 Å². The van der Waals surface area contributed by atoms with Crippen LogP contribution in [0.25, 0.3) is 0 Å². The molecule has 5 heteroatoms. The molecule has 2 saturated carbocycles. The molecule has 0 aromatic heterocycles. The van der Waals surface area contributed by atoms with E-state index < -0.39 is 6.09 Å². The van der Waals surface area contributed by atoms with Crippen molar-refractivity contribution in [2.45, 2.75) is 50.6 Å². The molecule has 90 valence electrons. The Morgan fingerprint density at radius 1 is 0.875 bits per heavy atom. The second-order valence-electron chi connectivity index (χ2n) is 4.78. The van der Waals surface area contributed by atoms with Crippen LogP contribution in [0.3, 0.4) is 0 Å². The van der Waals surface area contributed by atoms with E-state index in [1.54, 1.807) is 0 Å². The van der Waals surface area contributed by atoms with E-state index in [0.29, 0.717) is 0 Å². The number of amides is 2. The fraction of sp³-hybridized carbons (Fsp3) is 0.818. The predicted octanol–water partition coefficient (Wildman–Crippen LogP) is 1.09. The molecule has 3 N–H and O–H groups in total. The topological polar surface area (TPSA) is 78.4 Å². The van der Waals surface area contributed by atoms with Crippen LogP contribution >= 0.6 is 0 Å². The summed E-state index contributed by atoms with van der Waals surface area (Å²) < 4.78 is 0. The van der Waals surface area contributed by atoms with Crippen molar-refractivity contribution in [3.05, 3.63) is 0 Å². The maximum absolute atomic E-state index is 11.5. The van der Waals surface area contributed by atoms with Gasteiger partial charge in [0, 0.05) is 18.0 Å². The minimum Gasteiger partial charge on any atom is -0.465 e. The van der Waals surface area contributed by atoms with E-state index in [2.05, 4.69) is 10.6 Å². The number of hydrogen-bond donors (Lipinski definition) is 3. The zero-order valence-electron chi connectivity index (χ0n) is 9.24. The summed E-state index contributed by atoms with van der Waals surface area (Å²) in [5.41, 5.74) is 0. The summed E-state index contributed by atoms with van der Waals surface area (Å²) in [7, 11) is 0. The average Bonchev–Trinajstić information content (AvgIpc) is 3.03. The van der Waals surface area contributed by atoms with Crippen LogP contribution in [0.1, 0.15) is 38.5 Å². The van der Waals surface area contributed by atoms with Gasteiger partial charge < -0.3 is 15.7 Å². The highest BCUT2D eigenvalue weighted by molar-refractivity contribution is 5.81. The molecule has 0 saturated heterocycles. The summed E-state index contributed by atoms with van der Waals surface area (Å²) in [4.78, 5) is 22.0. The predicted molar refractivity (Wildman–Crippen MR) is 58.1 cm³/mol. The molecular weight excluding hydrogens is 208 g/mol. The lowest BCUT2D eigenvalue weighted by atomic mass is 9.91. The lowest BCUT2D eigenvalue weighted by Crippen LogP contribution is -2.43. The Hall–Kier alpha value is -1.26. The molecule has 0 aliphatic heterocycles. The van der Waals surface area contributed by atoms with Gasteiger partial charge in [0.1, 0.15) is 0 Å². The Labute approximate surface area is 94.6 Å². The SMILES string of the molecule is O=C(O)N[C@H]1CC[C@H](NC(=O)C2CC2)CC1. The van der Waals surface area contributed by atoms with Crippen LogP contribution < -0.4 is 10.6 Å². The zero-order valence-corrected chi connectivity index (χ0v) is 9.24. The van der Waals surface area contributed by atoms with Crippen LogP contribution in [-0.2, 0) is 4.79 Å². The first-order valence-corrected chi connectivity index (χ1v) is 5.95. The van der Waals surface area contributed by atoms with Gasteiger partial charge in [0.15, 0.2) is 0 Å². The summed E-state index contributed by atoms with van der Waals surface area (Å²) in [6.07, 6.45) is 4.51. The summed E-state index contributed by atoms with van der Waals surface area (Å²) in [5, 5.41) is 14.1. The molecule has 0 aromatic carbocycles. The first-order valence-electron chi connectivity index (χ1n) is 5.95. The van der Waals surface area contributed by atoms with E-state index in [-0.39, 0.29) is 23.9 Å². The van der Waals surface area contributed by atoms with Crippen LogP contribution in [0.15, 0.2) is 0 Å². The zero-order chi connectivity index (χ0) is 11.5. The number of nitrogens with one attached hydrogen (secondary N) is 2. The van der Waals surface area contributed by atoms with Gasteiger partial charge in [-0.25, -0.2) is 4.79 Å². The van der Waals surface area contributed by atoms with Crippen molar-refractivity contribution < 1.29 is 14.7 Å². The number of hydrogen-bond acceptors (Lipinski definition) is 2. The highest BCUT2D eigenvalue weighted by Gasteiger charge is 2.32. The van der Waals surface area contributed by atoms with Gasteiger partial charge in [-0.1, -0.05) is 0 Å². The number of carbonyl (C=O) groups excluding carboxylic acids is 1. The van der Waals surface area contributed by atoms with E-state index in [1.165, 1.54) is 0 Å². The Balaban J connectivity index is 1.68. The third-order valence-electron chi connectivity index (χ3n) is 3.35. The highest BCUT2D eigenvalue weighted by atomic mass is 16.4. The van der Waals surface area contributed by atoms with Crippen LogP contribution in [0.2, 0.25) is 0 Å². The Kier molecular flexibility index (Phi) is 3.31. The summed E-state index contributed by atoms with van der Waals surface area (Å²) in [6, 6.07) is 0.312. The van der Waals surface area contributed by atoms with Crippen LogP contribution in [0, 0.1) is 5.92 Å². The van der Waals surface area contributed by atoms with Gasteiger partial charge >= 0.3 is 6.09 Å². The maximum Gasteiger partial charge on any atom is 0.404 e. The standard InChI is InChI=1S/C11H18N2O3/c14-10(7-1-2-7)12-8-3-5-9(6-4-8)13-11(15)16/h7-9,13H,1-6H2,(H,12,14)(H,15,16)/t8-,9-. The lowest BCUT2D eigenvalue weighted by Gasteiger charge is -2.28. The first kappa shape index (κ1) is 11.2. The van der Waals surface area contributed by atoms with Crippen LogP contribution in [-0.4, -0.2) is 29.2 Å². The third-order valence-corrected chi connectivity index (χ3v) is 3.35. The van der Waals surface area contributed by atoms with Crippen molar-refractivity contribution >= 4 is 12.0 Å². The van der Waals surface area contributed by atoms with Gasteiger partial charge in [0.25, 0.3) is 0 Å². The van der Waals surface area contributed by atoms with Crippen molar-refractivity contribution in [1.82, 2.24) is 10.6 Å². The first-order chi connectivity index (χ1) is 7.65. The molecule has 16 heavy (non-hydrogen) atoms. The highest BCUT2D eigenvalue weighted by Crippen LogP contribution is 2.29. The molecule has 2 aliphatic carbocycles. The molecule has 5 nitrogen and oxygen atoms in total. The fourth-order valence-electron chi connectivity index (χ4n) is 2.22. The van der Waals surface area contributed by atoms with E-state index in [9.17, 15) is 9.59 Å². The molecule has 2 amide bonds. The summed E-state index contributed by atoms with van der Waals surface area (Å²) in [5.74, 6) is 0.449. The quantitative estimate of drug-likeness (QED) is 0.674. The van der Waals surface area contributed by atoms with Gasteiger partial charge in [-0.3, -0.25) is 4.79 Å². The van der Waals surface area contributed by atoms with Gasteiger partial charge in [0.2, 0.25) is 5.91 Å². The second-order valence-corrected chi connectivity index (χ2v) is 4.78. The van der Waals surface area contributed by atoms with Gasteiger partial charge in [-0.2, -0.15) is 0 Å². The number of rotatable bonds is 3. The molecule has 0 heterocycles. The molecule has 0 unspecified atom stereocenters. The van der Waals surface area contributed by atoms with Crippen molar-refractivity contribution in [1.29, 1.82) is 0 Å². The van der Waals surface area contributed by atoms with E-state index in [1.807, 2.05) is 0 Å². The molecule has 0 radical (unpaired) electrons. The van der Waals surface area contributed by atoms with Crippen molar-refractivity contribution in [2.75, 3.05) is 0 Å². The lowest BCUT2D eigenvalue weighted by molar-refractivity contribution is -0.123. The van der Waals surface area contributed by atoms with Crippen LogP contribution in [0.4, 0.5) is 4.79 Å². The summed E-state index contributed by atoms with van der Waals surface area (Å²) >= 11 is 0. The Morgan fingerprint density at radius 3 is 1.81 bits per heavy atom. The monoisotopic (exact) mass is 226 g/mol. The molecule has 2 fully saturated rings.